The molecule has 1 N–H and O–H groups in total. The number of sulfonamides is 1. The molecule has 0 aromatic carbocycles. The van der Waals surface area contributed by atoms with Crippen molar-refractivity contribution in [3.8, 4) is 0 Å². The molecule has 0 saturated carbocycles. The van der Waals surface area contributed by atoms with E-state index in [-0.39, 0.29) is 23.9 Å². The van der Waals surface area contributed by atoms with Gasteiger partial charge >= 0.3 is 0 Å². The molecule has 0 spiro atoms. The van der Waals surface area contributed by atoms with Crippen molar-refractivity contribution in [2.24, 2.45) is 5.92 Å². The van der Waals surface area contributed by atoms with Crippen LogP contribution in [-0.2, 0) is 14.8 Å². The maximum Gasteiger partial charge on any atom is 0.216 e. The van der Waals surface area contributed by atoms with Gasteiger partial charge in [-0.2, -0.15) is 0 Å². The van der Waals surface area contributed by atoms with E-state index in [2.05, 4.69) is 0 Å². The first kappa shape index (κ1) is 14.2. The van der Waals surface area contributed by atoms with Crippen molar-refractivity contribution in [3.63, 3.8) is 0 Å². The third-order valence-electron chi connectivity index (χ3n) is 3.99. The first-order valence-corrected chi connectivity index (χ1v) is 8.41. The van der Waals surface area contributed by atoms with E-state index in [1.165, 1.54) is 4.31 Å². The average Bonchev–Trinajstić information content (AvgIpc) is 2.81. The van der Waals surface area contributed by atoms with Crippen LogP contribution in [0, 0.1) is 5.92 Å². The highest BCUT2D eigenvalue weighted by Crippen LogP contribution is 2.24. The summed E-state index contributed by atoms with van der Waals surface area (Å²) in [5.74, 6) is 0.164. The number of piperidine rings is 1. The quantitative estimate of drug-likeness (QED) is 0.816. The number of rotatable bonds is 4. The Morgan fingerprint density at radius 2 is 2.17 bits per heavy atom. The second kappa shape index (κ2) is 5.86. The minimum absolute atomic E-state index is 0.0676. The summed E-state index contributed by atoms with van der Waals surface area (Å²) in [6, 6.07) is 0. The summed E-state index contributed by atoms with van der Waals surface area (Å²) in [6.45, 7) is 3.56. The summed E-state index contributed by atoms with van der Waals surface area (Å²) in [5.41, 5.74) is 0. The molecule has 2 rings (SSSR count). The maximum absolute atomic E-state index is 12.3. The average molecular weight is 277 g/mol. The molecule has 18 heavy (non-hydrogen) atoms. The summed E-state index contributed by atoms with van der Waals surface area (Å²) in [7, 11) is -3.24. The highest BCUT2D eigenvalue weighted by atomic mass is 32.2. The second-order valence-electron chi connectivity index (χ2n) is 5.30. The zero-order valence-corrected chi connectivity index (χ0v) is 11.7. The first-order chi connectivity index (χ1) is 8.53. The molecule has 5 nitrogen and oxygen atoms in total. The van der Waals surface area contributed by atoms with Gasteiger partial charge in [-0.3, -0.25) is 0 Å². The molecule has 3 atom stereocenters. The number of hydrogen-bond donors (Lipinski definition) is 1. The van der Waals surface area contributed by atoms with Gasteiger partial charge in [0.2, 0.25) is 10.0 Å². The van der Waals surface area contributed by atoms with E-state index in [1.807, 2.05) is 6.92 Å². The Kier molecular flexibility index (Phi) is 4.64. The van der Waals surface area contributed by atoms with Gasteiger partial charge in [-0.15, -0.1) is 0 Å². The molecule has 0 radical (unpaired) electrons. The van der Waals surface area contributed by atoms with Crippen molar-refractivity contribution >= 4 is 10.0 Å². The van der Waals surface area contributed by atoms with E-state index < -0.39 is 10.0 Å². The van der Waals surface area contributed by atoms with Gasteiger partial charge in [-0.05, 0) is 31.6 Å². The van der Waals surface area contributed by atoms with Gasteiger partial charge in [-0.25, -0.2) is 12.7 Å². The van der Waals surface area contributed by atoms with Gasteiger partial charge in [0.05, 0.1) is 18.0 Å². The molecule has 106 valence electrons. The lowest BCUT2D eigenvalue weighted by molar-refractivity contribution is 0.0514. The lowest BCUT2D eigenvalue weighted by Gasteiger charge is -2.35. The molecule has 2 fully saturated rings. The normalized spacial score (nSPS) is 34.9. The monoisotopic (exact) mass is 277 g/mol. The molecule has 0 aromatic heterocycles. The molecule has 0 bridgehead atoms. The zero-order chi connectivity index (χ0) is 13.2. The lowest BCUT2D eigenvalue weighted by Crippen LogP contribution is -2.47. The highest BCUT2D eigenvalue weighted by molar-refractivity contribution is 7.89. The Bertz CT molecular complexity index is 364. The van der Waals surface area contributed by atoms with Crippen LogP contribution >= 0.6 is 0 Å². The van der Waals surface area contributed by atoms with Crippen LogP contribution < -0.4 is 0 Å². The summed E-state index contributed by atoms with van der Waals surface area (Å²) in [5, 5.41) is 9.79. The molecule has 0 aromatic rings. The van der Waals surface area contributed by atoms with Crippen LogP contribution in [0.3, 0.4) is 0 Å². The van der Waals surface area contributed by atoms with Gasteiger partial charge in [0.25, 0.3) is 0 Å². The summed E-state index contributed by atoms with van der Waals surface area (Å²) in [6.07, 6.45) is 2.66. The van der Waals surface area contributed by atoms with Crippen LogP contribution in [0.1, 0.15) is 32.6 Å². The molecule has 2 aliphatic rings. The zero-order valence-electron chi connectivity index (χ0n) is 10.9. The standard InChI is InChI=1S/C12H23NO4S/c1-2-10-8-13(6-5-12(10)14)18(15,16)9-11-4-3-7-17-11/h10-12,14H,2-9H2,1H3. The van der Waals surface area contributed by atoms with E-state index in [4.69, 9.17) is 4.74 Å². The number of aliphatic hydroxyl groups excluding tert-OH is 1. The van der Waals surface area contributed by atoms with Gasteiger partial charge in [-0.1, -0.05) is 6.92 Å². The van der Waals surface area contributed by atoms with Crippen molar-refractivity contribution in [1.82, 2.24) is 4.31 Å². The number of hydrogen-bond acceptors (Lipinski definition) is 4. The van der Waals surface area contributed by atoms with Gasteiger partial charge < -0.3 is 9.84 Å². The number of aliphatic hydroxyl groups is 1. The topological polar surface area (TPSA) is 66.8 Å². The predicted octanol–water partition coefficient (Wildman–Crippen LogP) is 0.588. The van der Waals surface area contributed by atoms with Crippen LogP contribution in [0.25, 0.3) is 0 Å². The Hall–Kier alpha value is -0.170. The molecule has 3 unspecified atom stereocenters. The fourth-order valence-electron chi connectivity index (χ4n) is 2.76. The molecular formula is C12H23NO4S. The van der Waals surface area contributed by atoms with E-state index in [9.17, 15) is 13.5 Å². The van der Waals surface area contributed by atoms with Crippen LogP contribution in [0.4, 0.5) is 0 Å². The van der Waals surface area contributed by atoms with Crippen molar-refractivity contribution in [2.45, 2.75) is 44.8 Å². The summed E-state index contributed by atoms with van der Waals surface area (Å²) < 4.78 is 31.5. The van der Waals surface area contributed by atoms with Gasteiger partial charge in [0, 0.05) is 19.7 Å². The molecule has 0 aliphatic carbocycles. The van der Waals surface area contributed by atoms with E-state index in [1.54, 1.807) is 0 Å². The van der Waals surface area contributed by atoms with Crippen molar-refractivity contribution in [2.75, 3.05) is 25.4 Å². The molecule has 2 aliphatic heterocycles. The fraction of sp³-hybridized carbons (Fsp3) is 1.00. The van der Waals surface area contributed by atoms with E-state index in [0.29, 0.717) is 26.1 Å². The molecule has 2 saturated heterocycles. The van der Waals surface area contributed by atoms with Gasteiger partial charge in [0.15, 0.2) is 0 Å². The Balaban J connectivity index is 1.96. The molecular weight excluding hydrogens is 254 g/mol. The molecule has 6 heteroatoms. The van der Waals surface area contributed by atoms with Crippen LogP contribution in [0.15, 0.2) is 0 Å². The van der Waals surface area contributed by atoms with Crippen molar-refractivity contribution < 1.29 is 18.3 Å². The Labute approximate surface area is 109 Å². The van der Waals surface area contributed by atoms with Gasteiger partial charge in [0.1, 0.15) is 0 Å². The Morgan fingerprint density at radius 3 is 2.78 bits per heavy atom. The minimum Gasteiger partial charge on any atom is -0.393 e. The van der Waals surface area contributed by atoms with E-state index in [0.717, 1.165) is 19.3 Å². The molecule has 0 amide bonds. The van der Waals surface area contributed by atoms with E-state index >= 15 is 0 Å². The van der Waals surface area contributed by atoms with Crippen LogP contribution in [0.2, 0.25) is 0 Å². The third kappa shape index (κ3) is 3.23. The second-order valence-corrected chi connectivity index (χ2v) is 7.31. The van der Waals surface area contributed by atoms with Crippen LogP contribution in [-0.4, -0.2) is 55.5 Å². The SMILES string of the molecule is CCC1CN(S(=O)(=O)CC2CCCO2)CCC1O. The Morgan fingerprint density at radius 1 is 1.39 bits per heavy atom. The summed E-state index contributed by atoms with van der Waals surface area (Å²) in [4.78, 5) is 0. The molecule has 2 heterocycles. The minimum atomic E-state index is -3.24. The van der Waals surface area contributed by atoms with Crippen molar-refractivity contribution in [1.29, 1.82) is 0 Å². The predicted molar refractivity (Wildman–Crippen MR) is 68.7 cm³/mol. The number of nitrogens with zero attached hydrogens (tertiary/aromatic N) is 1. The highest BCUT2D eigenvalue weighted by Gasteiger charge is 2.35. The third-order valence-corrected chi connectivity index (χ3v) is 5.91. The smallest absolute Gasteiger partial charge is 0.216 e. The van der Waals surface area contributed by atoms with Crippen LogP contribution in [0.5, 0.6) is 0 Å². The first-order valence-electron chi connectivity index (χ1n) is 6.80. The lowest BCUT2D eigenvalue weighted by atomic mass is 9.94. The largest absolute Gasteiger partial charge is 0.393 e. The fourth-order valence-corrected chi connectivity index (χ4v) is 4.50. The van der Waals surface area contributed by atoms with Crippen molar-refractivity contribution in [3.05, 3.63) is 0 Å². The summed E-state index contributed by atoms with van der Waals surface area (Å²) >= 11 is 0. The maximum atomic E-state index is 12.3. The number of ether oxygens (including phenoxy) is 1.